The quantitative estimate of drug-likeness (QED) is 0.479. The molecule has 31 heavy (non-hydrogen) atoms. The number of nitrogens with one attached hydrogen (secondary N) is 2. The topological polar surface area (TPSA) is 78.8 Å². The van der Waals surface area contributed by atoms with Crippen LogP contribution in [0, 0.1) is 12.7 Å². The molecule has 2 N–H and O–H groups in total. The summed E-state index contributed by atoms with van der Waals surface area (Å²) in [5.41, 5.74) is 2.64. The lowest BCUT2D eigenvalue weighted by Gasteiger charge is -2.21. The Kier molecular flexibility index (Phi) is 5.46. The molecule has 0 bridgehead atoms. The Morgan fingerprint density at radius 3 is 2.52 bits per heavy atom. The van der Waals surface area contributed by atoms with Crippen molar-refractivity contribution in [3.63, 3.8) is 0 Å². The van der Waals surface area contributed by atoms with Crippen LogP contribution in [0.3, 0.4) is 0 Å². The zero-order valence-electron chi connectivity index (χ0n) is 18.0. The average molecular weight is 420 g/mol. The van der Waals surface area contributed by atoms with Crippen molar-refractivity contribution in [3.05, 3.63) is 76.0 Å². The van der Waals surface area contributed by atoms with E-state index in [-0.39, 0.29) is 17.4 Å². The average Bonchev–Trinajstić information content (AvgIpc) is 3.15. The van der Waals surface area contributed by atoms with Crippen molar-refractivity contribution in [2.24, 2.45) is 0 Å². The van der Waals surface area contributed by atoms with Crippen LogP contribution in [0.25, 0.3) is 10.8 Å². The summed E-state index contributed by atoms with van der Waals surface area (Å²) in [4.78, 5) is 15.2. The Labute approximate surface area is 179 Å². The minimum Gasteiger partial charge on any atom is -0.370 e. The number of aromatic nitrogens is 4. The van der Waals surface area contributed by atoms with Gasteiger partial charge in [0.05, 0.1) is 11.4 Å². The summed E-state index contributed by atoms with van der Waals surface area (Å²) in [6, 6.07) is 13.9. The van der Waals surface area contributed by atoms with Crippen LogP contribution in [-0.2, 0) is 6.54 Å². The van der Waals surface area contributed by atoms with Crippen LogP contribution >= 0.6 is 0 Å². The number of aryl methyl sites for hydroxylation is 1. The van der Waals surface area contributed by atoms with E-state index in [2.05, 4.69) is 20.6 Å². The molecular weight excluding hydrogens is 395 g/mol. The molecular formula is C23H25FN6O. The largest absolute Gasteiger partial charge is 0.370 e. The monoisotopic (exact) mass is 420 g/mol. The molecule has 0 saturated heterocycles. The molecule has 4 rings (SSSR count). The molecule has 2 aromatic carbocycles. The fraction of sp³-hybridized carbons (Fsp3) is 0.261. The lowest BCUT2D eigenvalue weighted by atomic mass is 10.1. The van der Waals surface area contributed by atoms with E-state index < -0.39 is 0 Å². The van der Waals surface area contributed by atoms with Crippen LogP contribution in [0.15, 0.2) is 53.3 Å². The minimum absolute atomic E-state index is 0.0982. The summed E-state index contributed by atoms with van der Waals surface area (Å²) in [5.74, 6) is 0.950. The number of hydrogen-bond acceptors (Lipinski definition) is 5. The smallest absolute Gasteiger partial charge is 0.275 e. The van der Waals surface area contributed by atoms with Crippen molar-refractivity contribution in [2.45, 2.75) is 33.4 Å². The van der Waals surface area contributed by atoms with Crippen LogP contribution in [-0.4, -0.2) is 27.0 Å². The molecule has 0 aliphatic carbocycles. The summed E-state index contributed by atoms with van der Waals surface area (Å²) in [5, 5.41) is 16.2. The Hall–Kier alpha value is -3.68. The molecule has 0 saturated carbocycles. The molecule has 160 valence electrons. The molecule has 0 aliphatic rings. The van der Waals surface area contributed by atoms with E-state index in [1.54, 1.807) is 12.1 Å². The van der Waals surface area contributed by atoms with Crippen molar-refractivity contribution >= 4 is 28.1 Å². The number of aromatic amines is 1. The van der Waals surface area contributed by atoms with Gasteiger partial charge in [-0.25, -0.2) is 9.07 Å². The van der Waals surface area contributed by atoms with Gasteiger partial charge in [-0.1, -0.05) is 12.1 Å². The Balaban J connectivity index is 1.75. The Morgan fingerprint density at radius 1 is 1.13 bits per heavy atom. The van der Waals surface area contributed by atoms with Crippen molar-refractivity contribution in [2.75, 3.05) is 17.3 Å². The number of H-pyrrole nitrogens is 1. The summed E-state index contributed by atoms with van der Waals surface area (Å²) >= 11 is 0. The van der Waals surface area contributed by atoms with Gasteiger partial charge in [0.1, 0.15) is 5.82 Å². The molecule has 0 atom stereocenters. The molecule has 8 heteroatoms. The van der Waals surface area contributed by atoms with Gasteiger partial charge in [-0.05, 0) is 56.7 Å². The molecule has 7 nitrogen and oxygen atoms in total. The van der Waals surface area contributed by atoms with Crippen molar-refractivity contribution in [3.8, 4) is 0 Å². The van der Waals surface area contributed by atoms with Gasteiger partial charge < -0.3 is 10.2 Å². The molecule has 0 spiro atoms. The van der Waals surface area contributed by atoms with E-state index in [0.717, 1.165) is 22.3 Å². The van der Waals surface area contributed by atoms with E-state index in [0.29, 0.717) is 23.6 Å². The molecule has 0 fully saturated rings. The number of benzene rings is 2. The van der Waals surface area contributed by atoms with Gasteiger partial charge in [0, 0.05) is 36.4 Å². The standard InChI is InChI=1S/C23H25FN6O/c1-14(2)30-23(31)20-12-18(29(4)13-16-5-7-17(24)8-6-16)9-10-19(20)22(28-30)25-21-11-15(3)26-27-21/h5-12,14H,13H2,1-4H3,(H2,25,26,27,28). The summed E-state index contributed by atoms with van der Waals surface area (Å²) in [6.07, 6.45) is 0. The number of hydrogen-bond donors (Lipinski definition) is 2. The second kappa shape index (κ2) is 8.22. The van der Waals surface area contributed by atoms with Crippen LogP contribution in [0.5, 0.6) is 0 Å². The SMILES string of the molecule is Cc1cc(Nc2nn(C(C)C)c(=O)c3cc(N(C)Cc4ccc(F)cc4)ccc23)n[nH]1. The van der Waals surface area contributed by atoms with Crippen LogP contribution in [0.2, 0.25) is 0 Å². The van der Waals surface area contributed by atoms with Gasteiger partial charge in [0.15, 0.2) is 11.6 Å². The molecule has 2 aromatic heterocycles. The highest BCUT2D eigenvalue weighted by molar-refractivity contribution is 5.94. The first kappa shape index (κ1) is 20.6. The zero-order valence-corrected chi connectivity index (χ0v) is 18.0. The zero-order chi connectivity index (χ0) is 22.1. The highest BCUT2D eigenvalue weighted by Gasteiger charge is 2.15. The van der Waals surface area contributed by atoms with Crippen LogP contribution in [0.4, 0.5) is 21.7 Å². The second-order valence-corrected chi connectivity index (χ2v) is 7.97. The van der Waals surface area contributed by atoms with E-state index in [9.17, 15) is 9.18 Å². The molecule has 0 radical (unpaired) electrons. The van der Waals surface area contributed by atoms with Gasteiger partial charge in [-0.15, -0.1) is 0 Å². The first-order valence-corrected chi connectivity index (χ1v) is 10.1. The summed E-state index contributed by atoms with van der Waals surface area (Å²) < 4.78 is 14.7. The van der Waals surface area contributed by atoms with E-state index in [4.69, 9.17) is 0 Å². The van der Waals surface area contributed by atoms with Gasteiger partial charge >= 0.3 is 0 Å². The molecule has 0 aliphatic heterocycles. The van der Waals surface area contributed by atoms with Gasteiger partial charge in [-0.2, -0.15) is 10.2 Å². The van der Waals surface area contributed by atoms with Crippen LogP contribution < -0.4 is 15.8 Å². The number of fused-ring (bicyclic) bond motifs is 1. The maximum absolute atomic E-state index is 13.2. The highest BCUT2D eigenvalue weighted by Crippen LogP contribution is 2.27. The normalized spacial score (nSPS) is 11.3. The Morgan fingerprint density at radius 2 is 1.87 bits per heavy atom. The summed E-state index contributed by atoms with van der Waals surface area (Å²) in [7, 11) is 1.94. The number of halogens is 1. The van der Waals surface area contributed by atoms with E-state index in [1.807, 2.05) is 57.0 Å². The van der Waals surface area contributed by atoms with Gasteiger partial charge in [-0.3, -0.25) is 9.89 Å². The van der Waals surface area contributed by atoms with Crippen LogP contribution in [0.1, 0.15) is 31.1 Å². The van der Waals surface area contributed by atoms with Crippen molar-refractivity contribution in [1.82, 2.24) is 20.0 Å². The molecule has 0 unspecified atom stereocenters. The predicted molar refractivity (Wildman–Crippen MR) is 122 cm³/mol. The first-order valence-electron chi connectivity index (χ1n) is 10.1. The van der Waals surface area contributed by atoms with Gasteiger partial charge in [0.25, 0.3) is 5.56 Å². The minimum atomic E-state index is -0.258. The van der Waals surface area contributed by atoms with E-state index in [1.165, 1.54) is 16.8 Å². The predicted octanol–water partition coefficient (Wildman–Crippen LogP) is 4.53. The maximum Gasteiger partial charge on any atom is 0.275 e. The fourth-order valence-corrected chi connectivity index (χ4v) is 3.48. The Bertz CT molecular complexity index is 1280. The second-order valence-electron chi connectivity index (χ2n) is 7.97. The summed E-state index contributed by atoms with van der Waals surface area (Å²) in [6.45, 7) is 6.36. The van der Waals surface area contributed by atoms with Gasteiger partial charge in [0.2, 0.25) is 0 Å². The van der Waals surface area contributed by atoms with E-state index >= 15 is 0 Å². The molecule has 0 amide bonds. The number of anilines is 3. The highest BCUT2D eigenvalue weighted by atomic mass is 19.1. The maximum atomic E-state index is 13.2. The molecule has 4 aromatic rings. The van der Waals surface area contributed by atoms with Crippen molar-refractivity contribution in [1.29, 1.82) is 0 Å². The third kappa shape index (κ3) is 4.28. The first-order chi connectivity index (χ1) is 14.8. The lowest BCUT2D eigenvalue weighted by Crippen LogP contribution is -2.26. The third-order valence-corrected chi connectivity index (χ3v) is 5.12. The number of nitrogens with zero attached hydrogens (tertiary/aromatic N) is 4. The van der Waals surface area contributed by atoms with Crippen molar-refractivity contribution < 1.29 is 4.39 Å². The lowest BCUT2D eigenvalue weighted by molar-refractivity contribution is 0.510. The fourth-order valence-electron chi connectivity index (χ4n) is 3.48. The number of rotatable bonds is 6. The molecule has 2 heterocycles. The third-order valence-electron chi connectivity index (χ3n) is 5.12.